The largest absolute Gasteiger partial charge is 1.00 e. The zero-order valence-corrected chi connectivity index (χ0v) is 18.5. The molecule has 21 heavy (non-hydrogen) atoms. The van der Waals surface area contributed by atoms with Crippen molar-refractivity contribution in [2.45, 2.75) is 24.0 Å². The normalized spacial score (nSPS) is 21.4. The van der Waals surface area contributed by atoms with Gasteiger partial charge in [-0.3, -0.25) is 0 Å². The van der Waals surface area contributed by atoms with Crippen LogP contribution in [0.5, 0.6) is 0 Å². The van der Waals surface area contributed by atoms with Gasteiger partial charge in [-0.05, 0) is 0 Å². The van der Waals surface area contributed by atoms with Gasteiger partial charge in [0.15, 0.2) is 0 Å². The Hall–Kier alpha value is 0.733. The van der Waals surface area contributed by atoms with E-state index in [2.05, 4.69) is 66.9 Å². The first kappa shape index (κ1) is 21.7. The molecule has 0 N–H and O–H groups in total. The molecule has 0 amide bonds. The second-order valence-corrected chi connectivity index (χ2v) is 8.56. The maximum Gasteiger partial charge on any atom is -1.00 e. The molecule has 6 heteroatoms. The van der Waals surface area contributed by atoms with E-state index in [0.29, 0.717) is 0 Å². The zero-order chi connectivity index (χ0) is 13.2. The number of benzene rings is 1. The van der Waals surface area contributed by atoms with Gasteiger partial charge >= 0.3 is 132 Å². The Labute approximate surface area is 168 Å². The number of fused-ring (bicyclic) bond motifs is 2. The van der Waals surface area contributed by atoms with Crippen molar-refractivity contribution >= 4 is 39.3 Å². The second kappa shape index (κ2) is 7.09. The molecule has 3 rings (SSSR count). The topological polar surface area (TPSA) is 3.24 Å². The third-order valence-corrected chi connectivity index (χ3v) is 6.78. The van der Waals surface area contributed by atoms with Gasteiger partial charge in [-0.25, -0.2) is 0 Å². The average Bonchev–Trinajstić information content (AvgIpc) is 2.74. The Morgan fingerprint density at radius 3 is 2.29 bits per heavy atom. The van der Waals surface area contributed by atoms with E-state index in [1.807, 2.05) is 0 Å². The summed E-state index contributed by atoms with van der Waals surface area (Å²) in [6.07, 6.45) is 4.54. The predicted octanol–water partition coefficient (Wildman–Crippen LogP) is -6.46. The van der Waals surface area contributed by atoms with E-state index in [-0.39, 0.29) is 40.5 Å². The summed E-state index contributed by atoms with van der Waals surface area (Å²) in [6, 6.07) is 2.33. The molecule has 0 bridgehead atoms. The molecule has 2 aliphatic rings. The van der Waals surface area contributed by atoms with Crippen molar-refractivity contribution in [2.24, 2.45) is 0 Å². The number of hydrogen-bond acceptors (Lipinski definition) is 1. The van der Waals surface area contributed by atoms with Crippen molar-refractivity contribution in [3.05, 3.63) is 32.1 Å². The van der Waals surface area contributed by atoms with Crippen LogP contribution in [0.25, 0.3) is 17.7 Å². The summed E-state index contributed by atoms with van der Waals surface area (Å²) in [7, 11) is 2.21. The molecule has 1 unspecified atom stereocenters. The summed E-state index contributed by atoms with van der Waals surface area (Å²) in [6.45, 7) is 6.75. The van der Waals surface area contributed by atoms with Crippen molar-refractivity contribution in [1.29, 1.82) is 0 Å². The van der Waals surface area contributed by atoms with E-state index in [0.717, 1.165) is 0 Å². The van der Waals surface area contributed by atoms with Crippen LogP contribution < -0.4 is 52.6 Å². The van der Waals surface area contributed by atoms with Crippen molar-refractivity contribution in [3.8, 4) is 0 Å². The number of allylic oxidation sites excluding steroid dienone is 1. The van der Waals surface area contributed by atoms with Crippen LogP contribution in [0.2, 0.25) is 0 Å². The average molecular weight is 487 g/mol. The monoisotopic (exact) mass is 483 g/mol. The Kier molecular flexibility index (Phi) is 7.34. The number of nitrogens with zero attached hydrogens (tertiary/aromatic N) is 1. The SMILES string of the molecule is CC1=Cc2c(Br)c3c(cc2=C1)N(C)[C](C)([Zr+3])C=3C.[Cl-].[Cl-].[Cl-]. The summed E-state index contributed by atoms with van der Waals surface area (Å²) in [5.41, 5.74) is 5.51. The number of hydrogen-bond donors (Lipinski definition) is 0. The summed E-state index contributed by atoms with van der Waals surface area (Å²) < 4.78 is 1.45. The summed E-state index contributed by atoms with van der Waals surface area (Å²) in [5.74, 6) is 0. The Bertz CT molecular complexity index is 725. The van der Waals surface area contributed by atoms with Gasteiger partial charge in [0.25, 0.3) is 0 Å². The molecule has 1 nitrogen and oxygen atoms in total. The van der Waals surface area contributed by atoms with E-state index in [1.165, 1.54) is 62.0 Å². The van der Waals surface area contributed by atoms with Crippen molar-refractivity contribution < 1.29 is 61.9 Å². The first-order valence-electron chi connectivity index (χ1n) is 6.07. The number of anilines is 1. The fourth-order valence-electron chi connectivity index (χ4n) is 2.81. The Morgan fingerprint density at radius 2 is 1.71 bits per heavy atom. The van der Waals surface area contributed by atoms with E-state index < -0.39 is 0 Å². The van der Waals surface area contributed by atoms with E-state index >= 15 is 0 Å². The van der Waals surface area contributed by atoms with Gasteiger partial charge in [-0.1, -0.05) is 0 Å². The van der Waals surface area contributed by atoms with Gasteiger partial charge in [0.2, 0.25) is 0 Å². The molecule has 1 heterocycles. The van der Waals surface area contributed by atoms with Crippen LogP contribution in [0.3, 0.4) is 0 Å². The molecule has 1 aliphatic carbocycles. The molecule has 0 radical (unpaired) electrons. The Balaban J connectivity index is 0.00000133. The second-order valence-electron chi connectivity index (χ2n) is 5.38. The third-order valence-electron chi connectivity index (χ3n) is 4.21. The van der Waals surface area contributed by atoms with Crippen LogP contribution in [0.4, 0.5) is 5.69 Å². The van der Waals surface area contributed by atoms with Gasteiger partial charge in [-0.15, -0.1) is 0 Å². The third kappa shape index (κ3) is 3.06. The van der Waals surface area contributed by atoms with Gasteiger partial charge < -0.3 is 37.2 Å². The summed E-state index contributed by atoms with van der Waals surface area (Å²) in [4.78, 5) is 2.42. The molecule has 1 atom stereocenters. The van der Waals surface area contributed by atoms with Gasteiger partial charge in [0.05, 0.1) is 0 Å². The molecule has 0 fully saturated rings. The molecular weight excluding hydrogens is 472 g/mol. The van der Waals surface area contributed by atoms with Gasteiger partial charge in [0, 0.05) is 0 Å². The summed E-state index contributed by atoms with van der Waals surface area (Å²) >= 11 is 5.37. The molecule has 0 aromatic heterocycles. The van der Waals surface area contributed by atoms with Crippen LogP contribution >= 0.6 is 15.9 Å². The molecule has 0 saturated heterocycles. The fourth-order valence-corrected chi connectivity index (χ4v) is 4.26. The molecule has 0 spiro atoms. The number of rotatable bonds is 0. The first-order valence-corrected chi connectivity index (χ1v) is 8.09. The molecule has 1 aliphatic heterocycles. The number of halogens is 4. The maximum absolute atomic E-state index is 3.83. The molecule has 1 aromatic carbocycles. The zero-order valence-electron chi connectivity index (χ0n) is 12.2. The minimum absolute atomic E-state index is 0. The van der Waals surface area contributed by atoms with E-state index in [9.17, 15) is 0 Å². The van der Waals surface area contributed by atoms with Crippen molar-refractivity contribution in [3.63, 3.8) is 0 Å². The van der Waals surface area contributed by atoms with Crippen LogP contribution in [-0.2, 0) is 24.7 Å². The predicted molar refractivity (Wildman–Crippen MR) is 77.4 cm³/mol. The Morgan fingerprint density at radius 1 is 1.14 bits per heavy atom. The quantitative estimate of drug-likeness (QED) is 0.353. The molecule has 112 valence electrons. The molecule has 0 saturated carbocycles. The van der Waals surface area contributed by atoms with E-state index in [1.54, 1.807) is 0 Å². The smallest absolute Gasteiger partial charge is 1.00 e. The molecular formula is C15H15BrCl3NZr. The van der Waals surface area contributed by atoms with Crippen LogP contribution in [0, 0.1) is 0 Å². The van der Waals surface area contributed by atoms with E-state index in [4.69, 9.17) is 0 Å². The fraction of sp³-hybridized carbons (Fsp3) is 0.333. The van der Waals surface area contributed by atoms with Crippen LogP contribution in [-0.4, -0.2) is 10.3 Å². The minimum Gasteiger partial charge on any atom is -1.00 e. The standard InChI is InChI=1S/C15H15BrN.3ClH.Zr/c1-8-5-11-7-13-14(15(16)12(11)6-8)9(2)10(3)17(13)4;;;;/h5-7H,1-4H3;3*1H;/q;;;;+3/p-3. The van der Waals surface area contributed by atoms with Gasteiger partial charge in [0.1, 0.15) is 0 Å². The van der Waals surface area contributed by atoms with Crippen molar-refractivity contribution in [2.75, 3.05) is 11.9 Å². The maximum atomic E-state index is 3.83. The van der Waals surface area contributed by atoms with Crippen LogP contribution in [0.1, 0.15) is 26.3 Å². The van der Waals surface area contributed by atoms with Crippen LogP contribution in [0.15, 0.2) is 16.1 Å². The first-order chi connectivity index (χ1) is 8.34. The van der Waals surface area contributed by atoms with Crippen molar-refractivity contribution in [1.82, 2.24) is 0 Å². The van der Waals surface area contributed by atoms with Gasteiger partial charge in [-0.2, -0.15) is 0 Å². The minimum atomic E-state index is 0. The molecule has 1 aromatic rings. The summed E-state index contributed by atoms with van der Waals surface area (Å²) in [5, 5.41) is 2.74.